The van der Waals surface area contributed by atoms with Crippen molar-refractivity contribution < 1.29 is 18.7 Å². The van der Waals surface area contributed by atoms with Crippen molar-refractivity contribution in [1.29, 1.82) is 0 Å². The molecule has 0 aliphatic rings. The largest absolute Gasteiger partial charge is 0.478 e. The second-order valence-electron chi connectivity index (χ2n) is 4.21. The van der Waals surface area contributed by atoms with Gasteiger partial charge in [0.25, 0.3) is 0 Å². The van der Waals surface area contributed by atoms with Crippen molar-refractivity contribution in [3.8, 4) is 0 Å². The number of carboxylic acid groups (broad SMARTS) is 1. The Balaban J connectivity index is 2.24. The summed E-state index contributed by atoms with van der Waals surface area (Å²) in [6.07, 6.45) is 0. The van der Waals surface area contributed by atoms with Gasteiger partial charge in [0, 0.05) is 16.6 Å². The van der Waals surface area contributed by atoms with E-state index in [1.807, 2.05) is 0 Å². The highest BCUT2D eigenvalue weighted by molar-refractivity contribution is 9.10. The monoisotopic (exact) mass is 375 g/mol. The molecule has 21 heavy (non-hydrogen) atoms. The number of anilines is 1. The van der Waals surface area contributed by atoms with Gasteiger partial charge >= 0.3 is 5.97 Å². The third-order valence-corrected chi connectivity index (χ3v) is 3.68. The number of rotatable bonds is 4. The molecule has 0 fully saturated rings. The zero-order chi connectivity index (χ0) is 15.6. The average molecular weight is 377 g/mol. The van der Waals surface area contributed by atoms with Crippen LogP contribution in [0.1, 0.15) is 15.9 Å². The van der Waals surface area contributed by atoms with Crippen LogP contribution in [0.3, 0.4) is 0 Å². The lowest BCUT2D eigenvalue weighted by Gasteiger charge is -2.12. The van der Waals surface area contributed by atoms with Gasteiger partial charge in [0.15, 0.2) is 0 Å². The molecule has 7 heteroatoms. The predicted molar refractivity (Wildman–Crippen MR) is 79.8 cm³/mol. The number of benzene rings is 2. The molecule has 2 aromatic rings. The van der Waals surface area contributed by atoms with Crippen LogP contribution in [-0.2, 0) is 6.54 Å². The molecule has 0 spiro atoms. The van der Waals surface area contributed by atoms with E-state index >= 15 is 0 Å². The van der Waals surface area contributed by atoms with Crippen molar-refractivity contribution in [2.24, 2.45) is 0 Å². The summed E-state index contributed by atoms with van der Waals surface area (Å²) in [5.74, 6) is -2.18. The van der Waals surface area contributed by atoms with Gasteiger partial charge in [-0.25, -0.2) is 13.6 Å². The number of carboxylic acids is 1. The summed E-state index contributed by atoms with van der Waals surface area (Å²) >= 11 is 9.06. The number of hydrogen-bond donors (Lipinski definition) is 2. The van der Waals surface area contributed by atoms with Gasteiger partial charge in [-0.15, -0.1) is 0 Å². The van der Waals surface area contributed by atoms with Gasteiger partial charge in [0.2, 0.25) is 0 Å². The summed E-state index contributed by atoms with van der Waals surface area (Å²) in [6, 6.07) is 5.84. The molecule has 2 N–H and O–H groups in total. The standard InChI is InChI=1S/C14H9BrClF2NO2/c15-10-4-9(17)5-11(16)13(10)19-6-8-3-7(14(20)21)1-2-12(8)18/h1-5,19H,6H2,(H,20,21). The first-order valence-corrected chi connectivity index (χ1v) is 6.95. The minimum Gasteiger partial charge on any atom is -0.478 e. The molecule has 2 aromatic carbocycles. The van der Waals surface area contributed by atoms with Gasteiger partial charge in [-0.1, -0.05) is 11.6 Å². The van der Waals surface area contributed by atoms with Crippen LogP contribution >= 0.6 is 27.5 Å². The molecule has 0 heterocycles. The Kier molecular flexibility index (Phi) is 4.80. The summed E-state index contributed by atoms with van der Waals surface area (Å²) in [5.41, 5.74) is 0.554. The van der Waals surface area contributed by atoms with Crippen LogP contribution in [0.5, 0.6) is 0 Å². The normalized spacial score (nSPS) is 10.5. The van der Waals surface area contributed by atoms with E-state index in [9.17, 15) is 13.6 Å². The molecule has 0 aliphatic heterocycles. The van der Waals surface area contributed by atoms with Gasteiger partial charge in [-0.05, 0) is 46.3 Å². The lowest BCUT2D eigenvalue weighted by atomic mass is 10.1. The van der Waals surface area contributed by atoms with Crippen LogP contribution in [0.25, 0.3) is 0 Å². The molecule has 0 unspecified atom stereocenters. The molecule has 3 nitrogen and oxygen atoms in total. The summed E-state index contributed by atoms with van der Waals surface area (Å²) in [7, 11) is 0. The maximum absolute atomic E-state index is 13.7. The fourth-order valence-electron chi connectivity index (χ4n) is 1.74. The quantitative estimate of drug-likeness (QED) is 0.814. The van der Waals surface area contributed by atoms with E-state index in [0.717, 1.165) is 12.1 Å². The van der Waals surface area contributed by atoms with E-state index in [1.54, 1.807) is 0 Å². The number of halogens is 4. The maximum Gasteiger partial charge on any atom is 0.335 e. The molecule has 0 bridgehead atoms. The summed E-state index contributed by atoms with van der Waals surface area (Å²) < 4.78 is 27.2. The molecular weight excluding hydrogens is 368 g/mol. The first-order valence-electron chi connectivity index (χ1n) is 5.78. The van der Waals surface area contributed by atoms with Crippen LogP contribution in [-0.4, -0.2) is 11.1 Å². The molecular formula is C14H9BrClF2NO2. The first kappa shape index (κ1) is 15.7. The van der Waals surface area contributed by atoms with Gasteiger partial charge in [-0.2, -0.15) is 0 Å². The highest BCUT2D eigenvalue weighted by atomic mass is 79.9. The second-order valence-corrected chi connectivity index (χ2v) is 5.47. The lowest BCUT2D eigenvalue weighted by molar-refractivity contribution is 0.0696. The Morgan fingerprint density at radius 1 is 1.29 bits per heavy atom. The van der Waals surface area contributed by atoms with Crippen molar-refractivity contribution in [1.82, 2.24) is 0 Å². The summed E-state index contributed by atoms with van der Waals surface area (Å²) in [4.78, 5) is 10.9. The lowest BCUT2D eigenvalue weighted by Crippen LogP contribution is -2.06. The average Bonchev–Trinajstić information content (AvgIpc) is 2.39. The van der Waals surface area contributed by atoms with Gasteiger partial charge in [0.1, 0.15) is 11.6 Å². The highest BCUT2D eigenvalue weighted by Gasteiger charge is 2.11. The maximum atomic E-state index is 13.7. The van der Waals surface area contributed by atoms with Crippen molar-refractivity contribution in [3.63, 3.8) is 0 Å². The number of aromatic carboxylic acids is 1. The molecule has 0 aliphatic carbocycles. The highest BCUT2D eigenvalue weighted by Crippen LogP contribution is 2.32. The fraction of sp³-hybridized carbons (Fsp3) is 0.0714. The van der Waals surface area contributed by atoms with E-state index in [1.165, 1.54) is 18.2 Å². The van der Waals surface area contributed by atoms with E-state index < -0.39 is 17.6 Å². The van der Waals surface area contributed by atoms with Gasteiger partial charge in [-0.3, -0.25) is 0 Å². The Morgan fingerprint density at radius 2 is 2.00 bits per heavy atom. The molecule has 0 aromatic heterocycles. The van der Waals surface area contributed by atoms with E-state index in [0.29, 0.717) is 10.2 Å². The molecule has 0 saturated heterocycles. The van der Waals surface area contributed by atoms with Crippen LogP contribution in [0.15, 0.2) is 34.8 Å². The van der Waals surface area contributed by atoms with Crippen LogP contribution in [0.4, 0.5) is 14.5 Å². The Morgan fingerprint density at radius 3 is 2.62 bits per heavy atom. The topological polar surface area (TPSA) is 49.3 Å². The van der Waals surface area contributed by atoms with Crippen LogP contribution < -0.4 is 5.32 Å². The van der Waals surface area contributed by atoms with E-state index in [2.05, 4.69) is 21.2 Å². The van der Waals surface area contributed by atoms with Crippen molar-refractivity contribution in [2.75, 3.05) is 5.32 Å². The number of nitrogens with one attached hydrogen (secondary N) is 1. The third kappa shape index (κ3) is 3.71. The Bertz CT molecular complexity index is 686. The van der Waals surface area contributed by atoms with Crippen molar-refractivity contribution in [3.05, 3.63) is 62.6 Å². The minimum atomic E-state index is -1.14. The van der Waals surface area contributed by atoms with E-state index in [-0.39, 0.29) is 22.7 Å². The fourth-order valence-corrected chi connectivity index (χ4v) is 2.70. The zero-order valence-electron chi connectivity index (χ0n) is 10.5. The van der Waals surface area contributed by atoms with Crippen LogP contribution in [0, 0.1) is 11.6 Å². The van der Waals surface area contributed by atoms with Crippen molar-refractivity contribution >= 4 is 39.2 Å². The molecule has 2 rings (SSSR count). The summed E-state index contributed by atoms with van der Waals surface area (Å²) in [6.45, 7) is 0.0108. The predicted octanol–water partition coefficient (Wildman–Crippen LogP) is 4.69. The molecule has 0 radical (unpaired) electrons. The third-order valence-electron chi connectivity index (χ3n) is 2.76. The summed E-state index contributed by atoms with van der Waals surface area (Å²) in [5, 5.41) is 11.9. The molecule has 0 amide bonds. The van der Waals surface area contributed by atoms with Crippen molar-refractivity contribution in [2.45, 2.75) is 6.54 Å². The first-order chi connectivity index (χ1) is 9.88. The number of carbonyl (C=O) groups is 1. The Hall–Kier alpha value is -1.66. The zero-order valence-corrected chi connectivity index (χ0v) is 12.8. The number of hydrogen-bond acceptors (Lipinski definition) is 2. The van der Waals surface area contributed by atoms with E-state index in [4.69, 9.17) is 16.7 Å². The smallest absolute Gasteiger partial charge is 0.335 e. The van der Waals surface area contributed by atoms with Gasteiger partial charge < -0.3 is 10.4 Å². The van der Waals surface area contributed by atoms with Crippen LogP contribution in [0.2, 0.25) is 5.02 Å². The minimum absolute atomic E-state index is 0.0108. The molecule has 110 valence electrons. The SMILES string of the molecule is O=C(O)c1ccc(F)c(CNc2c(Cl)cc(F)cc2Br)c1. The van der Waals surface area contributed by atoms with Gasteiger partial charge in [0.05, 0.1) is 16.3 Å². The molecule has 0 saturated carbocycles. The Labute approximate surface area is 132 Å². The second kappa shape index (κ2) is 6.41. The molecule has 0 atom stereocenters.